The largest absolute Gasteiger partial charge is 0.465 e. The summed E-state index contributed by atoms with van der Waals surface area (Å²) < 4.78 is 17.0. The van der Waals surface area contributed by atoms with Crippen LogP contribution < -0.4 is 11.0 Å². The molecule has 4 atom stereocenters. The van der Waals surface area contributed by atoms with Crippen LogP contribution in [0.1, 0.15) is 40.2 Å². The van der Waals surface area contributed by atoms with E-state index >= 15 is 0 Å². The quantitative estimate of drug-likeness (QED) is 0.514. The van der Waals surface area contributed by atoms with Crippen molar-refractivity contribution in [1.29, 1.82) is 0 Å². The number of aromatic nitrogens is 2. The maximum atomic E-state index is 12.5. The van der Waals surface area contributed by atoms with Crippen LogP contribution in [-0.2, 0) is 33.4 Å². The molecule has 0 aliphatic heterocycles. The molecule has 1 saturated carbocycles. The van der Waals surface area contributed by atoms with Gasteiger partial charge >= 0.3 is 23.6 Å². The molecule has 29 heavy (non-hydrogen) atoms. The zero-order valence-corrected chi connectivity index (χ0v) is 16.5. The molecule has 1 amide bonds. The van der Waals surface area contributed by atoms with Crippen molar-refractivity contribution in [2.75, 3.05) is 11.9 Å². The summed E-state index contributed by atoms with van der Waals surface area (Å²) in [4.78, 5) is 61.9. The van der Waals surface area contributed by atoms with Crippen LogP contribution >= 0.6 is 0 Å². The van der Waals surface area contributed by atoms with Crippen molar-refractivity contribution in [1.82, 2.24) is 9.55 Å². The molecular weight excluding hydrogens is 386 g/mol. The summed E-state index contributed by atoms with van der Waals surface area (Å²) in [5, 5.41) is 2.41. The summed E-state index contributed by atoms with van der Waals surface area (Å²) >= 11 is 0. The maximum Gasteiger partial charge on any atom is 0.349 e. The molecule has 0 radical (unpaired) electrons. The third-order valence-electron chi connectivity index (χ3n) is 4.31. The molecule has 158 valence electrons. The van der Waals surface area contributed by atoms with Gasteiger partial charge in [-0.1, -0.05) is 0 Å². The highest BCUT2D eigenvalue weighted by atomic mass is 16.6. The van der Waals surface area contributed by atoms with E-state index in [2.05, 4.69) is 10.3 Å². The Bertz CT molecular complexity index is 865. The number of nitrogens with zero attached hydrogens (tertiary/aromatic N) is 2. The Labute approximate surface area is 166 Å². The van der Waals surface area contributed by atoms with E-state index in [1.54, 1.807) is 0 Å². The summed E-state index contributed by atoms with van der Waals surface area (Å²) in [6.45, 7) is 4.85. The molecule has 1 heterocycles. The first-order chi connectivity index (χ1) is 13.6. The molecule has 1 aliphatic rings. The fourth-order valence-corrected chi connectivity index (χ4v) is 3.33. The summed E-state index contributed by atoms with van der Waals surface area (Å²) in [5.74, 6) is -2.55. The van der Waals surface area contributed by atoms with Gasteiger partial charge < -0.3 is 19.5 Å². The van der Waals surface area contributed by atoms with Gasteiger partial charge in [0.1, 0.15) is 11.9 Å². The lowest BCUT2D eigenvalue weighted by molar-refractivity contribution is -0.168. The third-order valence-corrected chi connectivity index (χ3v) is 4.31. The highest BCUT2D eigenvalue weighted by molar-refractivity contribution is 5.87. The molecule has 2 rings (SSSR count). The lowest BCUT2D eigenvalue weighted by Gasteiger charge is -2.26. The summed E-state index contributed by atoms with van der Waals surface area (Å²) in [6.07, 6.45) is -0.267. The molecule has 1 aliphatic carbocycles. The number of anilines is 1. The van der Waals surface area contributed by atoms with E-state index in [0.717, 1.165) is 0 Å². The second-order valence-electron chi connectivity index (χ2n) is 6.70. The second kappa shape index (κ2) is 9.30. The Hall–Kier alpha value is -3.24. The minimum atomic E-state index is -0.983. The average molecular weight is 409 g/mol. The van der Waals surface area contributed by atoms with E-state index < -0.39 is 47.8 Å². The predicted molar refractivity (Wildman–Crippen MR) is 97.7 cm³/mol. The first-order valence-corrected chi connectivity index (χ1v) is 8.93. The molecule has 1 fully saturated rings. The maximum absolute atomic E-state index is 12.5. The van der Waals surface area contributed by atoms with Crippen molar-refractivity contribution >= 4 is 29.6 Å². The minimum absolute atomic E-state index is 0.0757. The van der Waals surface area contributed by atoms with Crippen LogP contribution in [0.2, 0.25) is 0 Å². The average Bonchev–Trinajstić information content (AvgIpc) is 2.89. The number of ether oxygens (including phenoxy) is 3. The topological polar surface area (TPSA) is 143 Å². The fourth-order valence-electron chi connectivity index (χ4n) is 3.33. The number of nitrogens with one attached hydrogen (secondary N) is 1. The van der Waals surface area contributed by atoms with Gasteiger partial charge in [-0.25, -0.2) is 4.79 Å². The molecule has 11 heteroatoms. The molecule has 0 saturated heterocycles. The molecule has 0 bridgehead atoms. The smallest absolute Gasteiger partial charge is 0.349 e. The molecule has 1 unspecified atom stereocenters. The van der Waals surface area contributed by atoms with Gasteiger partial charge in [-0.2, -0.15) is 4.98 Å². The normalized spacial score (nSPS) is 23.2. The predicted octanol–water partition coefficient (Wildman–Crippen LogP) is 0.189. The first kappa shape index (κ1) is 22.1. The number of carbonyl (C=O) groups excluding carboxylic acids is 4. The number of esters is 3. The Kier molecular flexibility index (Phi) is 7.08. The Morgan fingerprint density at radius 1 is 1.07 bits per heavy atom. The van der Waals surface area contributed by atoms with Crippen LogP contribution in [-0.4, -0.2) is 52.2 Å². The Morgan fingerprint density at radius 2 is 1.69 bits per heavy atom. The van der Waals surface area contributed by atoms with Crippen molar-refractivity contribution in [3.05, 3.63) is 22.7 Å². The molecule has 0 aromatic carbocycles. The van der Waals surface area contributed by atoms with Crippen LogP contribution in [0.5, 0.6) is 0 Å². The zero-order valence-electron chi connectivity index (χ0n) is 16.5. The van der Waals surface area contributed by atoms with Crippen molar-refractivity contribution in [2.45, 2.75) is 52.4 Å². The van der Waals surface area contributed by atoms with Gasteiger partial charge in [0.2, 0.25) is 5.91 Å². The lowest BCUT2D eigenvalue weighted by Crippen LogP contribution is -2.40. The van der Waals surface area contributed by atoms with Gasteiger partial charge in [0, 0.05) is 39.8 Å². The zero-order chi connectivity index (χ0) is 21.7. The van der Waals surface area contributed by atoms with Crippen LogP contribution in [0.4, 0.5) is 5.82 Å². The SMILES string of the molecule is CC(=O)Nc1ccn([C@@H]2C[C@H](COC(C)=O)C(OC(C)=O)[C@H]2OC(C)=O)c(=O)n1. The van der Waals surface area contributed by atoms with Gasteiger partial charge in [-0.15, -0.1) is 0 Å². The molecule has 1 aromatic rings. The van der Waals surface area contributed by atoms with Crippen LogP contribution in [0.3, 0.4) is 0 Å². The molecule has 1 aromatic heterocycles. The summed E-state index contributed by atoms with van der Waals surface area (Å²) in [7, 11) is 0. The number of rotatable bonds is 6. The first-order valence-electron chi connectivity index (χ1n) is 8.93. The van der Waals surface area contributed by atoms with E-state index in [1.807, 2.05) is 0 Å². The van der Waals surface area contributed by atoms with Crippen LogP contribution in [0, 0.1) is 5.92 Å². The Balaban J connectivity index is 2.40. The van der Waals surface area contributed by atoms with E-state index in [9.17, 15) is 24.0 Å². The molecule has 0 spiro atoms. The minimum Gasteiger partial charge on any atom is -0.465 e. The second-order valence-corrected chi connectivity index (χ2v) is 6.70. The van der Waals surface area contributed by atoms with Crippen LogP contribution in [0.15, 0.2) is 17.1 Å². The molecule has 11 nitrogen and oxygen atoms in total. The van der Waals surface area contributed by atoms with Gasteiger partial charge in [-0.05, 0) is 12.5 Å². The number of carbonyl (C=O) groups is 4. The van der Waals surface area contributed by atoms with Gasteiger partial charge in [0.25, 0.3) is 0 Å². The molecular formula is C18H23N3O8. The van der Waals surface area contributed by atoms with Crippen molar-refractivity contribution < 1.29 is 33.4 Å². The highest BCUT2D eigenvalue weighted by Crippen LogP contribution is 2.39. The van der Waals surface area contributed by atoms with Gasteiger partial charge in [-0.3, -0.25) is 23.7 Å². The lowest BCUT2D eigenvalue weighted by atomic mass is 10.1. The Morgan fingerprint density at radius 3 is 2.21 bits per heavy atom. The van der Waals surface area contributed by atoms with E-state index in [-0.39, 0.29) is 24.8 Å². The standard InChI is InChI=1S/C18H23N3O8/c1-9(22)19-15-5-6-21(18(26)20-15)14-7-13(8-27-10(2)23)16(28-11(3)24)17(14)29-12(4)25/h5-6,13-14,16-17H,7-8H2,1-4H3,(H,19,20,22,26)/t13-,14-,16?,17+/m1/s1. The summed E-state index contributed by atoms with van der Waals surface area (Å²) in [5.41, 5.74) is -0.687. The fraction of sp³-hybridized carbons (Fsp3) is 0.556. The van der Waals surface area contributed by atoms with Gasteiger partial charge in [0.05, 0.1) is 12.6 Å². The number of amides is 1. The van der Waals surface area contributed by atoms with E-state index in [1.165, 1.54) is 44.5 Å². The third kappa shape index (κ3) is 5.87. The van der Waals surface area contributed by atoms with Crippen molar-refractivity contribution in [3.8, 4) is 0 Å². The number of hydrogen-bond donors (Lipinski definition) is 1. The molecule has 1 N–H and O–H groups in total. The van der Waals surface area contributed by atoms with Crippen molar-refractivity contribution in [3.63, 3.8) is 0 Å². The van der Waals surface area contributed by atoms with Crippen LogP contribution in [0.25, 0.3) is 0 Å². The summed E-state index contributed by atoms with van der Waals surface area (Å²) in [6, 6.07) is 0.712. The van der Waals surface area contributed by atoms with Crippen molar-refractivity contribution in [2.24, 2.45) is 5.92 Å². The monoisotopic (exact) mass is 409 g/mol. The number of hydrogen-bond acceptors (Lipinski definition) is 9. The van der Waals surface area contributed by atoms with Gasteiger partial charge in [0.15, 0.2) is 6.10 Å². The van der Waals surface area contributed by atoms with E-state index in [0.29, 0.717) is 0 Å². The highest BCUT2D eigenvalue weighted by Gasteiger charge is 2.49. The van der Waals surface area contributed by atoms with E-state index in [4.69, 9.17) is 14.2 Å².